The summed E-state index contributed by atoms with van der Waals surface area (Å²) in [6, 6.07) is 0. The van der Waals surface area contributed by atoms with E-state index in [0.717, 1.165) is 49.8 Å². The number of aromatic nitrogens is 2. The third kappa shape index (κ3) is 3.63. The van der Waals surface area contributed by atoms with E-state index in [4.69, 9.17) is 0 Å². The number of nitrogens with zero attached hydrogens (tertiary/aromatic N) is 4. The summed E-state index contributed by atoms with van der Waals surface area (Å²) >= 11 is 1.47. The van der Waals surface area contributed by atoms with Gasteiger partial charge in [0.1, 0.15) is 10.7 Å². The molecular formula is C12H23N5S. The maximum atomic E-state index is 4.25. The van der Waals surface area contributed by atoms with E-state index in [9.17, 15) is 0 Å². The van der Waals surface area contributed by atoms with Crippen LogP contribution in [-0.2, 0) is 6.54 Å². The van der Waals surface area contributed by atoms with Crippen molar-refractivity contribution in [2.45, 2.75) is 26.8 Å². The van der Waals surface area contributed by atoms with Crippen LogP contribution in [0.4, 0.5) is 5.00 Å². The number of likely N-dealkylation sites (N-methyl/N-ethyl adjacent to an activating group) is 1. The van der Waals surface area contributed by atoms with Crippen molar-refractivity contribution < 1.29 is 0 Å². The topological polar surface area (TPSA) is 44.3 Å². The summed E-state index contributed by atoms with van der Waals surface area (Å²) < 4.78 is 4.06. The Bertz CT molecular complexity index is 346. The average molecular weight is 269 g/mol. The van der Waals surface area contributed by atoms with Crippen LogP contribution >= 0.6 is 11.5 Å². The molecule has 2 rings (SSSR count). The predicted octanol–water partition coefficient (Wildman–Crippen LogP) is 1.50. The van der Waals surface area contributed by atoms with Crippen molar-refractivity contribution in [2.24, 2.45) is 0 Å². The monoisotopic (exact) mass is 269 g/mol. The molecule has 2 heterocycles. The number of anilines is 1. The SMILES string of the molecule is CCCNc1snnc1CN1CCN(CC)CC1. The van der Waals surface area contributed by atoms with Crippen molar-refractivity contribution in [1.29, 1.82) is 0 Å². The van der Waals surface area contributed by atoms with Crippen LogP contribution in [0.3, 0.4) is 0 Å². The maximum Gasteiger partial charge on any atom is 0.134 e. The average Bonchev–Trinajstić information content (AvgIpc) is 2.84. The van der Waals surface area contributed by atoms with E-state index in [2.05, 4.69) is 38.6 Å². The fourth-order valence-electron chi connectivity index (χ4n) is 2.16. The highest BCUT2D eigenvalue weighted by molar-refractivity contribution is 7.10. The van der Waals surface area contributed by atoms with Crippen molar-refractivity contribution in [1.82, 2.24) is 19.4 Å². The van der Waals surface area contributed by atoms with Gasteiger partial charge in [0.05, 0.1) is 0 Å². The summed E-state index contributed by atoms with van der Waals surface area (Å²) in [5.74, 6) is 0. The Morgan fingerprint density at radius 3 is 2.56 bits per heavy atom. The van der Waals surface area contributed by atoms with Crippen LogP contribution in [0.5, 0.6) is 0 Å². The first kappa shape index (κ1) is 13.7. The normalized spacial score (nSPS) is 18.1. The van der Waals surface area contributed by atoms with Crippen molar-refractivity contribution in [2.75, 3.05) is 44.6 Å². The fraction of sp³-hybridized carbons (Fsp3) is 0.833. The summed E-state index contributed by atoms with van der Waals surface area (Å²) in [6.07, 6.45) is 1.13. The van der Waals surface area contributed by atoms with Gasteiger partial charge in [-0.2, -0.15) is 0 Å². The van der Waals surface area contributed by atoms with Gasteiger partial charge < -0.3 is 10.2 Å². The van der Waals surface area contributed by atoms with Gasteiger partial charge in [-0.3, -0.25) is 4.90 Å². The van der Waals surface area contributed by atoms with Gasteiger partial charge in [-0.25, -0.2) is 0 Å². The summed E-state index contributed by atoms with van der Waals surface area (Å²) in [6.45, 7) is 12.1. The number of hydrogen-bond donors (Lipinski definition) is 1. The maximum absolute atomic E-state index is 4.25. The smallest absolute Gasteiger partial charge is 0.134 e. The molecule has 0 spiro atoms. The summed E-state index contributed by atoms with van der Waals surface area (Å²) in [4.78, 5) is 4.96. The third-order valence-electron chi connectivity index (χ3n) is 3.38. The van der Waals surface area contributed by atoms with Gasteiger partial charge in [0.15, 0.2) is 0 Å². The Morgan fingerprint density at radius 2 is 1.89 bits per heavy atom. The minimum absolute atomic E-state index is 0.931. The van der Waals surface area contributed by atoms with Gasteiger partial charge in [0.2, 0.25) is 0 Å². The lowest BCUT2D eigenvalue weighted by Gasteiger charge is -2.33. The molecule has 1 fully saturated rings. The number of hydrogen-bond acceptors (Lipinski definition) is 6. The van der Waals surface area contributed by atoms with E-state index < -0.39 is 0 Å². The summed E-state index contributed by atoms with van der Waals surface area (Å²) in [5.41, 5.74) is 1.11. The summed E-state index contributed by atoms with van der Waals surface area (Å²) in [5, 5.41) is 8.81. The minimum Gasteiger partial charge on any atom is -0.374 e. The van der Waals surface area contributed by atoms with Gasteiger partial charge in [0.25, 0.3) is 0 Å². The first-order chi connectivity index (χ1) is 8.83. The second-order valence-corrected chi connectivity index (χ2v) is 5.44. The number of nitrogens with one attached hydrogen (secondary N) is 1. The standard InChI is InChI=1S/C12H23N5S/c1-3-5-13-12-11(14-15-18-12)10-17-8-6-16(4-2)7-9-17/h13H,3-10H2,1-2H3. The van der Waals surface area contributed by atoms with Gasteiger partial charge >= 0.3 is 0 Å². The lowest BCUT2D eigenvalue weighted by molar-refractivity contribution is 0.131. The Labute approximate surface area is 113 Å². The predicted molar refractivity (Wildman–Crippen MR) is 76.1 cm³/mol. The van der Waals surface area contributed by atoms with Crippen LogP contribution in [0.15, 0.2) is 0 Å². The van der Waals surface area contributed by atoms with E-state index >= 15 is 0 Å². The molecule has 0 unspecified atom stereocenters. The molecule has 0 saturated carbocycles. The Balaban J connectivity index is 1.84. The molecule has 0 radical (unpaired) electrons. The molecule has 0 bridgehead atoms. The molecule has 5 nitrogen and oxygen atoms in total. The molecule has 18 heavy (non-hydrogen) atoms. The van der Waals surface area contributed by atoms with Crippen LogP contribution in [-0.4, -0.2) is 58.7 Å². The Morgan fingerprint density at radius 1 is 1.17 bits per heavy atom. The molecule has 1 N–H and O–H groups in total. The molecule has 1 saturated heterocycles. The molecule has 0 aliphatic carbocycles. The second-order valence-electron chi connectivity index (χ2n) is 4.69. The van der Waals surface area contributed by atoms with Gasteiger partial charge in [-0.1, -0.05) is 18.3 Å². The van der Waals surface area contributed by atoms with E-state index in [1.165, 1.54) is 24.6 Å². The summed E-state index contributed by atoms with van der Waals surface area (Å²) in [7, 11) is 0. The van der Waals surface area contributed by atoms with Gasteiger partial charge in [-0.05, 0) is 13.0 Å². The van der Waals surface area contributed by atoms with Crippen molar-refractivity contribution in [3.05, 3.63) is 5.69 Å². The molecule has 0 amide bonds. The molecule has 0 atom stereocenters. The molecular weight excluding hydrogens is 246 g/mol. The van der Waals surface area contributed by atoms with Crippen molar-refractivity contribution in [3.63, 3.8) is 0 Å². The molecule has 6 heteroatoms. The third-order valence-corrected chi connectivity index (χ3v) is 4.10. The van der Waals surface area contributed by atoms with E-state index in [0.29, 0.717) is 0 Å². The molecule has 102 valence electrons. The molecule has 1 aliphatic rings. The van der Waals surface area contributed by atoms with Crippen LogP contribution < -0.4 is 5.32 Å². The fourth-order valence-corrected chi connectivity index (χ4v) is 2.76. The van der Waals surface area contributed by atoms with Crippen LogP contribution in [0.25, 0.3) is 0 Å². The highest BCUT2D eigenvalue weighted by atomic mass is 32.1. The highest BCUT2D eigenvalue weighted by Crippen LogP contribution is 2.19. The van der Waals surface area contributed by atoms with Crippen molar-refractivity contribution >= 4 is 16.5 Å². The van der Waals surface area contributed by atoms with E-state index in [1.807, 2.05) is 0 Å². The highest BCUT2D eigenvalue weighted by Gasteiger charge is 2.18. The van der Waals surface area contributed by atoms with Crippen molar-refractivity contribution in [3.8, 4) is 0 Å². The van der Waals surface area contributed by atoms with E-state index in [1.54, 1.807) is 0 Å². The Kier molecular flexibility index (Phi) is 5.34. The molecule has 0 aromatic carbocycles. The van der Waals surface area contributed by atoms with Crippen LogP contribution in [0.2, 0.25) is 0 Å². The van der Waals surface area contributed by atoms with Crippen LogP contribution in [0.1, 0.15) is 26.0 Å². The first-order valence-electron chi connectivity index (χ1n) is 6.83. The number of rotatable bonds is 6. The molecule has 1 aromatic rings. The quantitative estimate of drug-likeness (QED) is 0.848. The number of piperazine rings is 1. The van der Waals surface area contributed by atoms with Gasteiger partial charge in [-0.15, -0.1) is 5.10 Å². The van der Waals surface area contributed by atoms with Crippen LogP contribution in [0, 0.1) is 0 Å². The largest absolute Gasteiger partial charge is 0.374 e. The minimum atomic E-state index is 0.931. The lowest BCUT2D eigenvalue weighted by Crippen LogP contribution is -2.45. The zero-order valence-corrected chi connectivity index (χ0v) is 12.2. The van der Waals surface area contributed by atoms with E-state index in [-0.39, 0.29) is 0 Å². The zero-order chi connectivity index (χ0) is 12.8. The molecule has 1 aromatic heterocycles. The first-order valence-corrected chi connectivity index (χ1v) is 7.60. The lowest BCUT2D eigenvalue weighted by atomic mass is 10.3. The van der Waals surface area contributed by atoms with Gasteiger partial charge in [0, 0.05) is 50.8 Å². The Hall–Kier alpha value is -0.720. The zero-order valence-electron chi connectivity index (χ0n) is 11.4. The second kappa shape index (κ2) is 7.01. The molecule has 1 aliphatic heterocycles.